The van der Waals surface area contributed by atoms with Crippen LogP contribution in [0.2, 0.25) is 5.02 Å². The number of anilines is 1. The van der Waals surface area contributed by atoms with Crippen molar-refractivity contribution in [2.24, 2.45) is 0 Å². The second-order valence-corrected chi connectivity index (χ2v) is 7.21. The molecule has 0 saturated carbocycles. The first-order chi connectivity index (χ1) is 13.1. The Morgan fingerprint density at radius 1 is 1.14 bits per heavy atom. The summed E-state index contributed by atoms with van der Waals surface area (Å²) in [6, 6.07) is 6.78. The molecule has 1 aromatic carbocycles. The van der Waals surface area contributed by atoms with Crippen molar-refractivity contribution in [1.29, 1.82) is 0 Å². The van der Waals surface area contributed by atoms with E-state index in [4.69, 9.17) is 11.6 Å². The molecule has 1 saturated heterocycles. The molecule has 2 rings (SSSR count). The highest BCUT2D eigenvalue weighted by molar-refractivity contribution is 6.33. The molecule has 1 heterocycles. The predicted octanol–water partition coefficient (Wildman–Crippen LogP) is 2.31. The molecule has 1 N–H and O–H groups in total. The van der Waals surface area contributed by atoms with Gasteiger partial charge in [-0.1, -0.05) is 23.7 Å². The fraction of sp³-hybridized carbons (Fsp3) is 0.556. The summed E-state index contributed by atoms with van der Waals surface area (Å²) in [5.41, 5.74) is 0.465. The molecule has 156 valence electrons. The maximum atomic E-state index is 12.5. The van der Waals surface area contributed by atoms with Crippen LogP contribution in [-0.2, 0) is 9.59 Å². The van der Waals surface area contributed by atoms with Gasteiger partial charge in [-0.3, -0.25) is 19.4 Å². The maximum Gasteiger partial charge on any atom is 0.401 e. The zero-order chi connectivity index (χ0) is 20.7. The molecule has 0 aliphatic carbocycles. The number of hydrogen-bond donors (Lipinski definition) is 1. The van der Waals surface area contributed by atoms with Gasteiger partial charge in [-0.2, -0.15) is 13.2 Å². The Balaban J connectivity index is 1.78. The summed E-state index contributed by atoms with van der Waals surface area (Å²) in [5, 5.41) is 3.05. The van der Waals surface area contributed by atoms with Gasteiger partial charge in [0.25, 0.3) is 0 Å². The molecule has 0 bridgehead atoms. The third-order valence-corrected chi connectivity index (χ3v) is 4.73. The minimum Gasteiger partial charge on any atom is -0.335 e. The Morgan fingerprint density at radius 2 is 1.79 bits per heavy atom. The number of carbonyl (C=O) groups is 2. The van der Waals surface area contributed by atoms with Crippen LogP contribution in [0.25, 0.3) is 0 Å². The molecular formula is C18H24ClF3N4O2. The van der Waals surface area contributed by atoms with E-state index in [0.29, 0.717) is 36.8 Å². The fourth-order valence-corrected chi connectivity index (χ4v) is 3.15. The monoisotopic (exact) mass is 420 g/mol. The van der Waals surface area contributed by atoms with E-state index in [2.05, 4.69) is 5.32 Å². The van der Waals surface area contributed by atoms with Gasteiger partial charge in [0.15, 0.2) is 0 Å². The third kappa shape index (κ3) is 7.65. The van der Waals surface area contributed by atoms with Gasteiger partial charge >= 0.3 is 6.18 Å². The van der Waals surface area contributed by atoms with Crippen LogP contribution in [0.1, 0.15) is 6.42 Å². The van der Waals surface area contributed by atoms with Crippen LogP contribution in [0.4, 0.5) is 18.9 Å². The van der Waals surface area contributed by atoms with Crippen LogP contribution in [-0.4, -0.2) is 85.6 Å². The molecular weight excluding hydrogens is 397 g/mol. The Morgan fingerprint density at radius 3 is 2.46 bits per heavy atom. The number of alkyl halides is 3. The van der Waals surface area contributed by atoms with Gasteiger partial charge in [-0.15, -0.1) is 0 Å². The lowest BCUT2D eigenvalue weighted by Gasteiger charge is -2.24. The summed E-state index contributed by atoms with van der Waals surface area (Å²) >= 11 is 5.99. The van der Waals surface area contributed by atoms with E-state index in [9.17, 15) is 22.8 Å². The van der Waals surface area contributed by atoms with Crippen LogP contribution in [0.15, 0.2) is 24.3 Å². The molecule has 1 aliphatic rings. The minimum atomic E-state index is -4.22. The van der Waals surface area contributed by atoms with Crippen molar-refractivity contribution in [3.8, 4) is 0 Å². The fourth-order valence-electron chi connectivity index (χ4n) is 2.96. The van der Waals surface area contributed by atoms with E-state index in [0.717, 1.165) is 0 Å². The van der Waals surface area contributed by atoms with Gasteiger partial charge < -0.3 is 10.2 Å². The third-order valence-electron chi connectivity index (χ3n) is 4.40. The molecule has 0 atom stereocenters. The molecule has 10 heteroatoms. The first kappa shape index (κ1) is 22.4. The molecule has 28 heavy (non-hydrogen) atoms. The Labute approximate surface area is 167 Å². The highest BCUT2D eigenvalue weighted by atomic mass is 35.5. The van der Waals surface area contributed by atoms with Gasteiger partial charge in [0.05, 0.1) is 30.3 Å². The second-order valence-electron chi connectivity index (χ2n) is 6.80. The largest absolute Gasteiger partial charge is 0.401 e. The Hall–Kier alpha value is -1.84. The number of benzene rings is 1. The van der Waals surface area contributed by atoms with Gasteiger partial charge in [-0.25, -0.2) is 0 Å². The van der Waals surface area contributed by atoms with E-state index < -0.39 is 12.7 Å². The summed E-state index contributed by atoms with van der Waals surface area (Å²) in [6.07, 6.45) is -3.67. The Bertz CT molecular complexity index is 687. The minimum absolute atomic E-state index is 0.0652. The lowest BCUT2D eigenvalue weighted by atomic mass is 10.3. The highest BCUT2D eigenvalue weighted by Crippen LogP contribution is 2.20. The molecule has 0 unspecified atom stereocenters. The van der Waals surface area contributed by atoms with Crippen molar-refractivity contribution >= 4 is 29.1 Å². The van der Waals surface area contributed by atoms with Crippen molar-refractivity contribution in [3.63, 3.8) is 0 Å². The van der Waals surface area contributed by atoms with Gasteiger partial charge in [-0.05, 0) is 31.6 Å². The van der Waals surface area contributed by atoms with E-state index in [1.807, 2.05) is 4.90 Å². The number of para-hydroxylation sites is 1. The molecule has 0 aromatic heterocycles. The second kappa shape index (κ2) is 10.1. The van der Waals surface area contributed by atoms with Gasteiger partial charge in [0.2, 0.25) is 11.8 Å². The molecule has 1 aliphatic heterocycles. The van der Waals surface area contributed by atoms with Crippen LogP contribution < -0.4 is 5.32 Å². The lowest BCUT2D eigenvalue weighted by molar-refractivity contribution is -0.145. The smallest absolute Gasteiger partial charge is 0.335 e. The van der Waals surface area contributed by atoms with E-state index >= 15 is 0 Å². The molecule has 0 spiro atoms. The van der Waals surface area contributed by atoms with Crippen LogP contribution in [0, 0.1) is 0 Å². The number of halogens is 4. The zero-order valence-electron chi connectivity index (χ0n) is 15.6. The lowest BCUT2D eigenvalue weighted by Crippen LogP contribution is -2.43. The summed E-state index contributed by atoms with van der Waals surface area (Å²) in [7, 11) is 1.52. The van der Waals surface area contributed by atoms with Gasteiger partial charge in [0.1, 0.15) is 0 Å². The first-order valence-electron chi connectivity index (χ1n) is 8.94. The summed E-state index contributed by atoms with van der Waals surface area (Å²) in [5.74, 6) is -0.644. The number of rotatable bonds is 6. The number of carbonyl (C=O) groups excluding carboxylic acids is 2. The molecule has 6 nitrogen and oxygen atoms in total. The highest BCUT2D eigenvalue weighted by Gasteiger charge is 2.31. The van der Waals surface area contributed by atoms with Crippen molar-refractivity contribution in [1.82, 2.24) is 14.7 Å². The van der Waals surface area contributed by atoms with E-state index in [1.54, 1.807) is 24.3 Å². The number of hydrogen-bond acceptors (Lipinski definition) is 4. The van der Waals surface area contributed by atoms with Gasteiger partial charge in [0, 0.05) is 20.1 Å². The number of likely N-dealkylation sites (N-methyl/N-ethyl adjacent to an activating group) is 1. The Kier molecular flexibility index (Phi) is 8.09. The number of nitrogens with zero attached hydrogens (tertiary/aromatic N) is 3. The molecule has 1 fully saturated rings. The van der Waals surface area contributed by atoms with Crippen molar-refractivity contribution in [3.05, 3.63) is 29.3 Å². The topological polar surface area (TPSA) is 55.9 Å². The van der Waals surface area contributed by atoms with Crippen LogP contribution in [0.3, 0.4) is 0 Å². The normalized spacial score (nSPS) is 16.5. The average molecular weight is 421 g/mol. The van der Waals surface area contributed by atoms with Crippen molar-refractivity contribution < 1.29 is 22.8 Å². The maximum absolute atomic E-state index is 12.5. The van der Waals surface area contributed by atoms with Crippen LogP contribution in [0.5, 0.6) is 0 Å². The predicted molar refractivity (Wildman–Crippen MR) is 101 cm³/mol. The van der Waals surface area contributed by atoms with E-state index in [1.165, 1.54) is 16.8 Å². The quantitative estimate of drug-likeness (QED) is 0.767. The van der Waals surface area contributed by atoms with E-state index in [-0.39, 0.29) is 31.4 Å². The summed E-state index contributed by atoms with van der Waals surface area (Å²) in [4.78, 5) is 29.0. The molecule has 0 radical (unpaired) electrons. The number of nitrogens with one attached hydrogen (secondary N) is 1. The summed E-state index contributed by atoms with van der Waals surface area (Å²) < 4.78 is 37.6. The van der Waals surface area contributed by atoms with Crippen molar-refractivity contribution in [2.45, 2.75) is 12.6 Å². The summed E-state index contributed by atoms with van der Waals surface area (Å²) in [6.45, 7) is 0.510. The standard InChI is InChI=1S/C18H24ClF3N4O2/c1-24(11-16(27)23-15-6-3-2-5-14(15)19)17(28)12-25-7-4-8-26(10-9-25)13-18(20,21)22/h2-3,5-6H,4,7-13H2,1H3,(H,23,27). The number of amides is 2. The molecule has 2 amide bonds. The SMILES string of the molecule is CN(CC(=O)Nc1ccccc1Cl)C(=O)CN1CCCN(CC(F)(F)F)CC1. The average Bonchev–Trinajstić information content (AvgIpc) is 2.80. The first-order valence-corrected chi connectivity index (χ1v) is 9.31. The van der Waals surface area contributed by atoms with Crippen molar-refractivity contribution in [2.75, 3.05) is 58.2 Å². The zero-order valence-corrected chi connectivity index (χ0v) is 16.4. The molecule has 1 aromatic rings. The van der Waals surface area contributed by atoms with Crippen LogP contribution >= 0.6 is 11.6 Å².